The van der Waals surface area contributed by atoms with Gasteiger partial charge in [0, 0.05) is 46.6 Å². The molecule has 0 unspecified atom stereocenters. The molecule has 4 N–H and O–H groups in total. The lowest BCUT2D eigenvalue weighted by Crippen LogP contribution is -2.15. The molecule has 7 nitrogen and oxygen atoms in total. The molecule has 0 amide bonds. The average molecular weight is 413 g/mol. The van der Waals surface area contributed by atoms with Crippen LogP contribution in [-0.4, -0.2) is 35.2 Å². The van der Waals surface area contributed by atoms with Gasteiger partial charge in [0.2, 0.25) is 0 Å². The van der Waals surface area contributed by atoms with E-state index in [0.29, 0.717) is 23.0 Å². The van der Waals surface area contributed by atoms with Crippen molar-refractivity contribution >= 4 is 27.5 Å². The van der Waals surface area contributed by atoms with Gasteiger partial charge in [-0.2, -0.15) is 0 Å². The first-order chi connectivity index (χ1) is 15.0. The number of methoxy groups -OCH3 is 2. The van der Waals surface area contributed by atoms with Gasteiger partial charge in [0.05, 0.1) is 31.5 Å². The lowest BCUT2D eigenvalue weighted by Gasteiger charge is -2.12. The minimum atomic E-state index is -0.163. The molecule has 0 bridgehead atoms. The Morgan fingerprint density at radius 1 is 0.968 bits per heavy atom. The minimum Gasteiger partial charge on any atom is -0.493 e. The second-order valence-electron chi connectivity index (χ2n) is 7.08. The van der Waals surface area contributed by atoms with Crippen LogP contribution >= 0.6 is 0 Å². The van der Waals surface area contributed by atoms with E-state index < -0.39 is 0 Å². The quantitative estimate of drug-likeness (QED) is 0.389. The van der Waals surface area contributed by atoms with Gasteiger partial charge in [0.15, 0.2) is 11.5 Å². The number of nitrogen functional groups attached to an aromatic ring is 1. The van der Waals surface area contributed by atoms with Gasteiger partial charge in [0.25, 0.3) is 0 Å². The van der Waals surface area contributed by atoms with Crippen LogP contribution in [0.2, 0.25) is 0 Å². The van der Waals surface area contributed by atoms with E-state index in [9.17, 15) is 0 Å². The molecule has 1 atom stereocenters. The smallest absolute Gasteiger partial charge is 0.162 e. The fourth-order valence-corrected chi connectivity index (χ4v) is 3.33. The minimum absolute atomic E-state index is 0.163. The molecule has 3 aromatic heterocycles. The van der Waals surface area contributed by atoms with Crippen molar-refractivity contribution < 1.29 is 9.47 Å². The number of hydrogen-bond acceptors (Lipinski definition) is 7. The molecule has 4 aromatic rings. The van der Waals surface area contributed by atoms with E-state index in [1.165, 1.54) is 0 Å². The summed E-state index contributed by atoms with van der Waals surface area (Å²) in [4.78, 5) is 13.4. The monoisotopic (exact) mass is 413 g/mol. The van der Waals surface area contributed by atoms with Gasteiger partial charge in [0.1, 0.15) is 5.82 Å². The van der Waals surface area contributed by atoms with E-state index in [-0.39, 0.29) is 6.04 Å². The Balaban J connectivity index is 1.90. The van der Waals surface area contributed by atoms with E-state index in [4.69, 9.17) is 20.9 Å². The number of nitrogens with zero attached hydrogens (tertiary/aromatic N) is 3. The first kappa shape index (κ1) is 20.4. The second-order valence-corrected chi connectivity index (χ2v) is 7.08. The van der Waals surface area contributed by atoms with Crippen molar-refractivity contribution in [1.82, 2.24) is 15.0 Å². The maximum atomic E-state index is 6.29. The van der Waals surface area contributed by atoms with Crippen LogP contribution in [0.25, 0.3) is 32.9 Å². The van der Waals surface area contributed by atoms with E-state index in [2.05, 4.69) is 26.8 Å². The van der Waals surface area contributed by atoms with Crippen molar-refractivity contribution in [1.29, 1.82) is 0 Å². The summed E-state index contributed by atoms with van der Waals surface area (Å²) in [7, 11) is 3.20. The summed E-state index contributed by atoms with van der Waals surface area (Å²) in [5.41, 5.74) is 15.3. The third-order valence-corrected chi connectivity index (χ3v) is 5.09. The molecule has 0 aliphatic carbocycles. The van der Waals surface area contributed by atoms with Gasteiger partial charge in [-0.05, 0) is 30.0 Å². The Morgan fingerprint density at radius 2 is 1.74 bits per heavy atom. The summed E-state index contributed by atoms with van der Waals surface area (Å²) in [5.74, 6) is 7.73. The molecule has 3 heterocycles. The summed E-state index contributed by atoms with van der Waals surface area (Å²) < 4.78 is 10.9. The molecule has 0 spiro atoms. The topological polar surface area (TPSA) is 109 Å². The van der Waals surface area contributed by atoms with Crippen LogP contribution in [-0.2, 0) is 0 Å². The normalized spacial score (nSPS) is 11.7. The van der Waals surface area contributed by atoms with Crippen molar-refractivity contribution in [2.24, 2.45) is 5.73 Å². The molecule has 0 aliphatic rings. The predicted molar refractivity (Wildman–Crippen MR) is 123 cm³/mol. The number of aromatic nitrogens is 3. The molecule has 1 aromatic carbocycles. The van der Waals surface area contributed by atoms with E-state index in [1.54, 1.807) is 32.8 Å². The maximum absolute atomic E-state index is 6.29. The SMILES string of the molecule is CC[C@@H](N)C#Cc1cncc(-c2cc3c(cnc4cc(OC)c(OC)cc43)c(N)n2)c1. The molecular weight excluding hydrogens is 390 g/mol. The van der Waals surface area contributed by atoms with Gasteiger partial charge < -0.3 is 20.9 Å². The number of benzene rings is 1. The Hall–Kier alpha value is -3.89. The molecule has 31 heavy (non-hydrogen) atoms. The van der Waals surface area contributed by atoms with Crippen molar-refractivity contribution in [2.75, 3.05) is 20.0 Å². The van der Waals surface area contributed by atoms with Gasteiger partial charge in [-0.3, -0.25) is 9.97 Å². The largest absolute Gasteiger partial charge is 0.493 e. The lowest BCUT2D eigenvalue weighted by molar-refractivity contribution is 0.356. The highest BCUT2D eigenvalue weighted by Gasteiger charge is 2.13. The molecular formula is C24H23N5O2. The molecule has 0 fully saturated rings. The first-order valence-electron chi connectivity index (χ1n) is 9.87. The van der Waals surface area contributed by atoms with Crippen LogP contribution < -0.4 is 20.9 Å². The Morgan fingerprint density at radius 3 is 2.48 bits per heavy atom. The van der Waals surface area contributed by atoms with Gasteiger partial charge in [-0.15, -0.1) is 0 Å². The highest BCUT2D eigenvalue weighted by Crippen LogP contribution is 2.36. The molecule has 4 rings (SSSR count). The van der Waals surface area contributed by atoms with Crippen molar-refractivity contribution in [3.63, 3.8) is 0 Å². The zero-order chi connectivity index (χ0) is 22.0. The highest BCUT2D eigenvalue weighted by molar-refractivity contribution is 6.10. The summed E-state index contributed by atoms with van der Waals surface area (Å²) in [6.45, 7) is 2.00. The zero-order valence-corrected chi connectivity index (χ0v) is 17.6. The summed E-state index contributed by atoms with van der Waals surface area (Å²) in [5, 5.41) is 2.57. The maximum Gasteiger partial charge on any atom is 0.162 e. The molecule has 0 saturated heterocycles. The zero-order valence-electron chi connectivity index (χ0n) is 17.6. The Labute approximate surface area is 180 Å². The van der Waals surface area contributed by atoms with Gasteiger partial charge >= 0.3 is 0 Å². The third kappa shape index (κ3) is 3.93. The van der Waals surface area contributed by atoms with Crippen LogP contribution in [0.1, 0.15) is 18.9 Å². The molecule has 0 aliphatic heterocycles. The summed E-state index contributed by atoms with van der Waals surface area (Å²) >= 11 is 0. The molecule has 0 radical (unpaired) electrons. The number of rotatable bonds is 4. The van der Waals surface area contributed by atoms with E-state index in [1.807, 2.05) is 31.2 Å². The number of nitrogens with two attached hydrogens (primary N) is 2. The number of pyridine rings is 3. The molecule has 156 valence electrons. The number of hydrogen-bond donors (Lipinski definition) is 2. The second kappa shape index (κ2) is 8.46. The van der Waals surface area contributed by atoms with E-state index in [0.717, 1.165) is 39.2 Å². The third-order valence-electron chi connectivity index (χ3n) is 5.09. The highest BCUT2D eigenvalue weighted by atomic mass is 16.5. The first-order valence-corrected chi connectivity index (χ1v) is 9.87. The fourth-order valence-electron chi connectivity index (χ4n) is 3.33. The number of anilines is 1. The van der Waals surface area contributed by atoms with Gasteiger partial charge in [-0.1, -0.05) is 18.8 Å². The van der Waals surface area contributed by atoms with Crippen molar-refractivity contribution in [2.45, 2.75) is 19.4 Å². The molecule has 0 saturated carbocycles. The van der Waals surface area contributed by atoms with Crippen LogP contribution in [0, 0.1) is 11.8 Å². The van der Waals surface area contributed by atoms with Crippen LogP contribution in [0.5, 0.6) is 11.5 Å². The van der Waals surface area contributed by atoms with Gasteiger partial charge in [-0.25, -0.2) is 4.98 Å². The van der Waals surface area contributed by atoms with Crippen LogP contribution in [0.3, 0.4) is 0 Å². The standard InChI is InChI=1S/C24H23N5O2/c1-4-16(25)6-5-14-7-15(12-27-11-14)20-8-17-18-9-22(30-2)23(31-3)10-21(18)28-13-19(17)24(26)29-20/h7-13,16H,4,25H2,1-3H3,(H2,26,29)/t16-/m1/s1. The van der Waals surface area contributed by atoms with Crippen LogP contribution in [0.15, 0.2) is 42.9 Å². The lowest BCUT2D eigenvalue weighted by atomic mass is 10.0. The number of fused-ring (bicyclic) bond motifs is 3. The number of ether oxygens (including phenoxy) is 2. The Kier molecular flexibility index (Phi) is 5.56. The van der Waals surface area contributed by atoms with Crippen molar-refractivity contribution in [3.8, 4) is 34.6 Å². The predicted octanol–water partition coefficient (Wildman–Crippen LogP) is 3.53. The fraction of sp³-hybridized carbons (Fsp3) is 0.208. The van der Waals surface area contributed by atoms with Crippen LogP contribution in [0.4, 0.5) is 5.82 Å². The molecule has 7 heteroatoms. The Bertz CT molecular complexity index is 1340. The average Bonchev–Trinajstić information content (AvgIpc) is 2.81. The van der Waals surface area contributed by atoms with Crippen molar-refractivity contribution in [3.05, 3.63) is 48.4 Å². The summed E-state index contributed by atoms with van der Waals surface area (Å²) in [6, 6.07) is 7.50. The van der Waals surface area contributed by atoms with E-state index >= 15 is 0 Å². The summed E-state index contributed by atoms with van der Waals surface area (Å²) in [6.07, 6.45) is 5.96.